The highest BCUT2D eigenvalue weighted by molar-refractivity contribution is 9.10. The Morgan fingerprint density at radius 3 is 1.95 bits per heavy atom. The molecule has 2 nitrogen and oxygen atoms in total. The fourth-order valence-corrected chi connectivity index (χ4v) is 2.09. The summed E-state index contributed by atoms with van der Waals surface area (Å²) in [6.07, 6.45) is 0. The van der Waals surface area contributed by atoms with Gasteiger partial charge in [0.15, 0.2) is 0 Å². The molecule has 0 atom stereocenters. The van der Waals surface area contributed by atoms with Gasteiger partial charge < -0.3 is 10.1 Å². The quantitative estimate of drug-likeness (QED) is 0.864. The van der Waals surface area contributed by atoms with Crippen LogP contribution in [0.15, 0.2) is 53.0 Å². The molecule has 0 saturated heterocycles. The van der Waals surface area contributed by atoms with E-state index >= 15 is 0 Å². The van der Waals surface area contributed by atoms with E-state index in [4.69, 9.17) is 4.74 Å². The number of ether oxygens (including phenoxy) is 1. The molecule has 0 bridgehead atoms. The molecule has 100 valence electrons. The fourth-order valence-electron chi connectivity index (χ4n) is 1.82. The molecule has 0 saturated carbocycles. The number of nitrogens with one attached hydrogen (secondary N) is 1. The van der Waals surface area contributed by atoms with E-state index in [-0.39, 0.29) is 0 Å². The van der Waals surface area contributed by atoms with Crippen LogP contribution in [0, 0.1) is 0 Å². The molecule has 0 aromatic heterocycles. The summed E-state index contributed by atoms with van der Waals surface area (Å²) < 4.78 is 6.53. The summed E-state index contributed by atoms with van der Waals surface area (Å²) in [5.41, 5.74) is 2.55. The van der Waals surface area contributed by atoms with E-state index in [0.717, 1.165) is 23.3 Å². The highest BCUT2D eigenvalue weighted by Gasteiger charge is 1.96. The van der Waals surface area contributed by atoms with Gasteiger partial charge in [0.05, 0.1) is 6.61 Å². The van der Waals surface area contributed by atoms with Crippen LogP contribution in [0.25, 0.3) is 0 Å². The number of benzene rings is 2. The van der Waals surface area contributed by atoms with Gasteiger partial charge in [-0.25, -0.2) is 0 Å². The van der Waals surface area contributed by atoms with Gasteiger partial charge in [-0.1, -0.05) is 40.2 Å². The molecule has 1 N–H and O–H groups in total. The second-order valence-electron chi connectivity index (χ2n) is 4.31. The average molecular weight is 320 g/mol. The molecule has 0 aliphatic rings. The monoisotopic (exact) mass is 319 g/mol. The Labute approximate surface area is 122 Å². The van der Waals surface area contributed by atoms with Crippen LogP contribution >= 0.6 is 15.9 Å². The van der Waals surface area contributed by atoms with Gasteiger partial charge in [-0.2, -0.15) is 0 Å². The first-order chi connectivity index (χ1) is 9.28. The average Bonchev–Trinajstić information content (AvgIpc) is 2.43. The van der Waals surface area contributed by atoms with Crippen LogP contribution in [0.4, 0.5) is 0 Å². The summed E-state index contributed by atoms with van der Waals surface area (Å²) in [6.45, 7) is 4.44. The number of hydrogen-bond donors (Lipinski definition) is 1. The van der Waals surface area contributed by atoms with Crippen molar-refractivity contribution >= 4 is 15.9 Å². The zero-order valence-corrected chi connectivity index (χ0v) is 12.6. The molecular formula is C16H18BrNO. The third kappa shape index (κ3) is 4.69. The summed E-state index contributed by atoms with van der Waals surface area (Å²) in [5, 5.41) is 3.43. The molecule has 0 spiro atoms. The van der Waals surface area contributed by atoms with Crippen molar-refractivity contribution in [1.82, 2.24) is 5.32 Å². The smallest absolute Gasteiger partial charge is 0.119 e. The maximum atomic E-state index is 5.42. The van der Waals surface area contributed by atoms with Gasteiger partial charge in [0.2, 0.25) is 0 Å². The Kier molecular flexibility index (Phi) is 5.43. The molecule has 0 heterocycles. The van der Waals surface area contributed by atoms with Gasteiger partial charge in [-0.05, 0) is 42.3 Å². The number of rotatable bonds is 6. The minimum absolute atomic E-state index is 0.709. The first-order valence-electron chi connectivity index (χ1n) is 6.45. The molecular weight excluding hydrogens is 302 g/mol. The standard InChI is InChI=1S/C16H18BrNO/c1-2-19-16-9-5-14(6-10-16)12-18-11-13-3-7-15(17)8-4-13/h3-10,18H,2,11-12H2,1H3. The van der Waals surface area contributed by atoms with Crippen molar-refractivity contribution in [2.45, 2.75) is 20.0 Å². The van der Waals surface area contributed by atoms with E-state index in [2.05, 4.69) is 57.6 Å². The molecule has 0 amide bonds. The third-order valence-electron chi connectivity index (χ3n) is 2.81. The van der Waals surface area contributed by atoms with Gasteiger partial charge in [0, 0.05) is 17.6 Å². The highest BCUT2D eigenvalue weighted by atomic mass is 79.9. The summed E-state index contributed by atoms with van der Waals surface area (Å²) in [6, 6.07) is 16.6. The van der Waals surface area contributed by atoms with Gasteiger partial charge in [0.1, 0.15) is 5.75 Å². The van der Waals surface area contributed by atoms with E-state index in [1.165, 1.54) is 11.1 Å². The minimum atomic E-state index is 0.709. The Morgan fingerprint density at radius 1 is 0.895 bits per heavy atom. The van der Waals surface area contributed by atoms with E-state index < -0.39 is 0 Å². The lowest BCUT2D eigenvalue weighted by molar-refractivity contribution is 0.340. The highest BCUT2D eigenvalue weighted by Crippen LogP contribution is 2.13. The normalized spacial score (nSPS) is 10.4. The maximum absolute atomic E-state index is 5.42. The molecule has 19 heavy (non-hydrogen) atoms. The molecule has 0 fully saturated rings. The molecule has 0 aliphatic heterocycles. The molecule has 2 aromatic carbocycles. The van der Waals surface area contributed by atoms with Crippen LogP contribution in [0.3, 0.4) is 0 Å². The fraction of sp³-hybridized carbons (Fsp3) is 0.250. The zero-order chi connectivity index (χ0) is 13.5. The van der Waals surface area contributed by atoms with Crippen LogP contribution in [0.1, 0.15) is 18.1 Å². The predicted molar refractivity (Wildman–Crippen MR) is 82.3 cm³/mol. The SMILES string of the molecule is CCOc1ccc(CNCc2ccc(Br)cc2)cc1. The number of hydrogen-bond acceptors (Lipinski definition) is 2. The van der Waals surface area contributed by atoms with E-state index in [0.29, 0.717) is 6.61 Å². The van der Waals surface area contributed by atoms with Crippen LogP contribution in [-0.2, 0) is 13.1 Å². The third-order valence-corrected chi connectivity index (χ3v) is 3.33. The Hall–Kier alpha value is -1.32. The van der Waals surface area contributed by atoms with Crippen molar-refractivity contribution in [3.8, 4) is 5.75 Å². The van der Waals surface area contributed by atoms with E-state index in [1.54, 1.807) is 0 Å². The van der Waals surface area contributed by atoms with Gasteiger partial charge in [0.25, 0.3) is 0 Å². The van der Waals surface area contributed by atoms with Crippen molar-refractivity contribution in [2.24, 2.45) is 0 Å². The van der Waals surface area contributed by atoms with Crippen molar-refractivity contribution in [3.05, 3.63) is 64.1 Å². The van der Waals surface area contributed by atoms with E-state index in [9.17, 15) is 0 Å². The van der Waals surface area contributed by atoms with Crippen LogP contribution in [-0.4, -0.2) is 6.61 Å². The summed E-state index contributed by atoms with van der Waals surface area (Å²) >= 11 is 3.44. The molecule has 3 heteroatoms. The summed E-state index contributed by atoms with van der Waals surface area (Å²) in [5.74, 6) is 0.930. The molecule has 2 rings (SSSR count). The molecule has 0 aliphatic carbocycles. The summed E-state index contributed by atoms with van der Waals surface area (Å²) in [4.78, 5) is 0. The lowest BCUT2D eigenvalue weighted by atomic mass is 10.2. The summed E-state index contributed by atoms with van der Waals surface area (Å²) in [7, 11) is 0. The van der Waals surface area contributed by atoms with Crippen LogP contribution in [0.2, 0.25) is 0 Å². The lowest BCUT2D eigenvalue weighted by Gasteiger charge is -2.07. The first-order valence-corrected chi connectivity index (χ1v) is 7.24. The predicted octanol–water partition coefficient (Wildman–Crippen LogP) is 4.14. The molecule has 0 radical (unpaired) electrons. The van der Waals surface area contributed by atoms with Crippen molar-refractivity contribution < 1.29 is 4.74 Å². The van der Waals surface area contributed by atoms with Crippen molar-refractivity contribution in [2.75, 3.05) is 6.61 Å². The Balaban J connectivity index is 1.80. The van der Waals surface area contributed by atoms with Crippen molar-refractivity contribution in [3.63, 3.8) is 0 Å². The molecule has 0 unspecified atom stereocenters. The first kappa shape index (κ1) is 14.1. The molecule has 2 aromatic rings. The van der Waals surface area contributed by atoms with Crippen LogP contribution in [0.5, 0.6) is 5.75 Å². The van der Waals surface area contributed by atoms with Gasteiger partial charge >= 0.3 is 0 Å². The second kappa shape index (κ2) is 7.31. The minimum Gasteiger partial charge on any atom is -0.494 e. The zero-order valence-electron chi connectivity index (χ0n) is 11.0. The maximum Gasteiger partial charge on any atom is 0.119 e. The number of halogens is 1. The Bertz CT molecular complexity index is 493. The van der Waals surface area contributed by atoms with Crippen LogP contribution < -0.4 is 10.1 Å². The topological polar surface area (TPSA) is 21.3 Å². The Morgan fingerprint density at radius 2 is 1.42 bits per heavy atom. The lowest BCUT2D eigenvalue weighted by Crippen LogP contribution is -2.12. The van der Waals surface area contributed by atoms with E-state index in [1.807, 2.05) is 19.1 Å². The van der Waals surface area contributed by atoms with Crippen molar-refractivity contribution in [1.29, 1.82) is 0 Å². The van der Waals surface area contributed by atoms with Gasteiger partial charge in [-0.3, -0.25) is 0 Å². The second-order valence-corrected chi connectivity index (χ2v) is 5.22. The largest absolute Gasteiger partial charge is 0.494 e. The van der Waals surface area contributed by atoms with Gasteiger partial charge in [-0.15, -0.1) is 0 Å².